The Balaban J connectivity index is 1.70. The molecule has 0 bridgehead atoms. The molecule has 144 valence electrons. The van der Waals surface area contributed by atoms with Crippen LogP contribution in [0.1, 0.15) is 22.8 Å². The van der Waals surface area contributed by atoms with Crippen molar-refractivity contribution in [3.63, 3.8) is 0 Å². The number of aromatic amines is 1. The molecule has 0 fully saturated rings. The van der Waals surface area contributed by atoms with Gasteiger partial charge in [-0.1, -0.05) is 30.3 Å². The van der Waals surface area contributed by atoms with Crippen LogP contribution in [0, 0.1) is 0 Å². The molecule has 0 aliphatic carbocycles. The summed E-state index contributed by atoms with van der Waals surface area (Å²) in [5, 5.41) is 13.3. The molecule has 8 nitrogen and oxygen atoms in total. The van der Waals surface area contributed by atoms with Crippen LogP contribution < -0.4 is 16.2 Å². The molecule has 28 heavy (non-hydrogen) atoms. The molecule has 1 heterocycles. The van der Waals surface area contributed by atoms with Gasteiger partial charge < -0.3 is 15.4 Å². The van der Waals surface area contributed by atoms with Gasteiger partial charge in [0.15, 0.2) is 0 Å². The zero-order chi connectivity index (χ0) is 20.1. The number of para-hydroxylation sites is 2. The fourth-order valence-corrected chi connectivity index (χ4v) is 2.91. The molecule has 3 rings (SSSR count). The molecule has 0 saturated heterocycles. The Morgan fingerprint density at radius 3 is 2.50 bits per heavy atom. The van der Waals surface area contributed by atoms with Gasteiger partial charge in [0.25, 0.3) is 11.8 Å². The number of rotatable bonds is 5. The summed E-state index contributed by atoms with van der Waals surface area (Å²) in [5.74, 6) is -1.82. The number of phenols is 1. The number of aromatic nitrogens is 1. The van der Waals surface area contributed by atoms with Crippen LogP contribution in [0.15, 0.2) is 54.7 Å². The summed E-state index contributed by atoms with van der Waals surface area (Å²) in [4.78, 5) is 39.3. The highest BCUT2D eigenvalue weighted by atomic mass is 16.3. The Kier molecular flexibility index (Phi) is 5.59. The van der Waals surface area contributed by atoms with E-state index in [0.29, 0.717) is 0 Å². The molecular formula is C20H20N4O4. The number of fused-ring (bicyclic) bond motifs is 1. The predicted octanol–water partition coefficient (Wildman–Crippen LogP) is 1.38. The zero-order valence-corrected chi connectivity index (χ0v) is 15.2. The first-order chi connectivity index (χ1) is 13.5. The van der Waals surface area contributed by atoms with Crippen molar-refractivity contribution in [1.82, 2.24) is 21.2 Å². The van der Waals surface area contributed by atoms with E-state index in [1.165, 1.54) is 19.1 Å². The van der Waals surface area contributed by atoms with E-state index in [0.717, 1.165) is 16.5 Å². The maximum atomic E-state index is 12.5. The first kappa shape index (κ1) is 19.0. The Hall–Kier alpha value is -3.81. The summed E-state index contributed by atoms with van der Waals surface area (Å²) >= 11 is 0. The third-order valence-corrected chi connectivity index (χ3v) is 4.24. The Labute approximate surface area is 160 Å². The molecule has 1 aromatic heterocycles. The molecule has 1 atom stereocenters. The van der Waals surface area contributed by atoms with E-state index in [1.807, 2.05) is 24.3 Å². The second-order valence-electron chi connectivity index (χ2n) is 6.28. The van der Waals surface area contributed by atoms with Crippen LogP contribution in [0.3, 0.4) is 0 Å². The Morgan fingerprint density at radius 1 is 1.04 bits per heavy atom. The van der Waals surface area contributed by atoms with Gasteiger partial charge in [-0.15, -0.1) is 0 Å². The summed E-state index contributed by atoms with van der Waals surface area (Å²) in [6, 6.07) is 12.7. The van der Waals surface area contributed by atoms with Gasteiger partial charge in [-0.05, 0) is 23.8 Å². The van der Waals surface area contributed by atoms with Crippen molar-refractivity contribution >= 4 is 28.6 Å². The second kappa shape index (κ2) is 8.26. The van der Waals surface area contributed by atoms with Crippen LogP contribution in [0.5, 0.6) is 5.75 Å². The average Bonchev–Trinajstić information content (AvgIpc) is 3.08. The lowest BCUT2D eigenvalue weighted by Gasteiger charge is -2.18. The van der Waals surface area contributed by atoms with Gasteiger partial charge in [0.2, 0.25) is 5.91 Å². The van der Waals surface area contributed by atoms with Crippen molar-refractivity contribution in [3.05, 3.63) is 65.9 Å². The van der Waals surface area contributed by atoms with Crippen LogP contribution in [-0.2, 0) is 16.0 Å². The second-order valence-corrected chi connectivity index (χ2v) is 6.28. The molecule has 5 N–H and O–H groups in total. The molecule has 3 amide bonds. The lowest BCUT2D eigenvalue weighted by Crippen LogP contribution is -2.52. The largest absolute Gasteiger partial charge is 0.507 e. The first-order valence-corrected chi connectivity index (χ1v) is 8.66. The number of amides is 3. The number of aromatic hydroxyl groups is 1. The van der Waals surface area contributed by atoms with Gasteiger partial charge in [0.1, 0.15) is 11.8 Å². The zero-order valence-electron chi connectivity index (χ0n) is 15.2. The van der Waals surface area contributed by atoms with Crippen LogP contribution in [-0.4, -0.2) is 33.9 Å². The van der Waals surface area contributed by atoms with Crippen molar-refractivity contribution in [3.8, 4) is 5.75 Å². The van der Waals surface area contributed by atoms with Crippen LogP contribution >= 0.6 is 0 Å². The van der Waals surface area contributed by atoms with E-state index in [-0.39, 0.29) is 23.6 Å². The predicted molar refractivity (Wildman–Crippen MR) is 103 cm³/mol. The third-order valence-electron chi connectivity index (χ3n) is 4.24. The smallest absolute Gasteiger partial charge is 0.273 e. The minimum absolute atomic E-state index is 0.0236. The summed E-state index contributed by atoms with van der Waals surface area (Å²) in [5.41, 5.74) is 6.36. The maximum Gasteiger partial charge on any atom is 0.273 e. The molecule has 0 unspecified atom stereocenters. The Bertz CT molecular complexity index is 1030. The number of carbonyl (C=O) groups excluding carboxylic acids is 3. The van der Waals surface area contributed by atoms with Crippen molar-refractivity contribution in [1.29, 1.82) is 0 Å². The fourth-order valence-electron chi connectivity index (χ4n) is 2.91. The molecule has 8 heteroatoms. The van der Waals surface area contributed by atoms with E-state index in [1.54, 1.807) is 18.3 Å². The standard InChI is InChI=1S/C20H20N4O4/c1-12(25)22-17(10-13-11-21-16-8-4-2-6-14(13)16)20(28)24-23-19(27)15-7-3-5-9-18(15)26/h2-9,11,17,21,26H,10H2,1H3,(H,22,25)(H,23,27)(H,24,28)/t17-/m0/s1. The molecule has 3 aromatic rings. The molecule has 0 spiro atoms. The van der Waals surface area contributed by atoms with Crippen LogP contribution in [0.2, 0.25) is 0 Å². The van der Waals surface area contributed by atoms with Crippen molar-refractivity contribution in [2.45, 2.75) is 19.4 Å². The number of nitrogens with one attached hydrogen (secondary N) is 4. The summed E-state index contributed by atoms with van der Waals surface area (Å²) in [6.07, 6.45) is 2.02. The summed E-state index contributed by atoms with van der Waals surface area (Å²) in [6.45, 7) is 1.32. The highest BCUT2D eigenvalue weighted by molar-refractivity contribution is 5.98. The number of hydrogen-bond acceptors (Lipinski definition) is 4. The quantitative estimate of drug-likeness (QED) is 0.429. The highest BCUT2D eigenvalue weighted by Crippen LogP contribution is 2.19. The lowest BCUT2D eigenvalue weighted by molar-refractivity contribution is -0.128. The molecule has 0 aliphatic heterocycles. The number of hydrazine groups is 1. The van der Waals surface area contributed by atoms with E-state index in [2.05, 4.69) is 21.2 Å². The monoisotopic (exact) mass is 380 g/mol. The topological polar surface area (TPSA) is 123 Å². The summed E-state index contributed by atoms with van der Waals surface area (Å²) < 4.78 is 0. The van der Waals surface area contributed by atoms with E-state index in [9.17, 15) is 19.5 Å². The number of benzene rings is 2. The summed E-state index contributed by atoms with van der Waals surface area (Å²) in [7, 11) is 0. The first-order valence-electron chi connectivity index (χ1n) is 8.66. The normalized spacial score (nSPS) is 11.6. The van der Waals surface area contributed by atoms with Gasteiger partial charge in [-0.2, -0.15) is 0 Å². The molecular weight excluding hydrogens is 360 g/mol. The SMILES string of the molecule is CC(=O)N[C@@H](Cc1c[nH]c2ccccc12)C(=O)NNC(=O)c1ccccc1O. The van der Waals surface area contributed by atoms with Gasteiger partial charge in [-0.25, -0.2) is 0 Å². The third kappa shape index (κ3) is 4.29. The fraction of sp³-hybridized carbons (Fsp3) is 0.150. The van der Waals surface area contributed by atoms with Gasteiger partial charge >= 0.3 is 0 Å². The number of H-pyrrole nitrogens is 1. The van der Waals surface area contributed by atoms with E-state index in [4.69, 9.17) is 0 Å². The Morgan fingerprint density at radius 2 is 1.75 bits per heavy atom. The number of carbonyl (C=O) groups is 3. The van der Waals surface area contributed by atoms with Crippen LogP contribution in [0.4, 0.5) is 0 Å². The molecule has 0 saturated carbocycles. The van der Waals surface area contributed by atoms with Crippen LogP contribution in [0.25, 0.3) is 10.9 Å². The highest BCUT2D eigenvalue weighted by Gasteiger charge is 2.22. The van der Waals surface area contributed by atoms with Crippen molar-refractivity contribution in [2.75, 3.05) is 0 Å². The van der Waals surface area contributed by atoms with Gasteiger partial charge in [0.05, 0.1) is 5.56 Å². The van der Waals surface area contributed by atoms with Crippen molar-refractivity contribution in [2.24, 2.45) is 0 Å². The van der Waals surface area contributed by atoms with E-state index < -0.39 is 17.9 Å². The average molecular weight is 380 g/mol. The van der Waals surface area contributed by atoms with Gasteiger partial charge in [0, 0.05) is 30.4 Å². The van der Waals surface area contributed by atoms with Crippen molar-refractivity contribution < 1.29 is 19.5 Å². The molecule has 0 aliphatic rings. The maximum absolute atomic E-state index is 12.5. The van der Waals surface area contributed by atoms with Gasteiger partial charge in [-0.3, -0.25) is 25.2 Å². The lowest BCUT2D eigenvalue weighted by atomic mass is 10.0. The molecule has 2 aromatic carbocycles. The number of phenolic OH excluding ortho intramolecular Hbond substituents is 1. The molecule has 0 radical (unpaired) electrons. The minimum atomic E-state index is -0.888. The number of hydrogen-bond donors (Lipinski definition) is 5. The minimum Gasteiger partial charge on any atom is -0.507 e. The van der Waals surface area contributed by atoms with E-state index >= 15 is 0 Å².